The number of aromatic hydroxyl groups is 1. The second kappa shape index (κ2) is 11.0. The first-order valence-corrected chi connectivity index (χ1v) is 13.2. The lowest BCUT2D eigenvalue weighted by molar-refractivity contribution is -0.113. The standard InChI is InChI=1S/C29H27N5O4S/c1-17-8-10-19(11-9-17)23(36)16-39-29-32-28-30-18(2)25(27(37)31-22-6-4-5-7-24(22)38-3)26(34(28)33-29)20-12-14-21(35)15-13-20/h4-15,26,35H,16H2,1-3H3,(H,31,37)(H,30,32,33)/t26-/m0/s1. The molecule has 5 rings (SSSR count). The highest BCUT2D eigenvalue weighted by molar-refractivity contribution is 7.99. The molecule has 0 unspecified atom stereocenters. The van der Waals surface area contributed by atoms with Crippen molar-refractivity contribution in [3.63, 3.8) is 0 Å². The predicted molar refractivity (Wildman–Crippen MR) is 150 cm³/mol. The van der Waals surface area contributed by atoms with Gasteiger partial charge in [0.25, 0.3) is 5.91 Å². The number of ketones is 1. The Balaban J connectivity index is 1.45. The minimum absolute atomic E-state index is 0.0259. The number of allylic oxidation sites excluding steroid dienone is 1. The van der Waals surface area contributed by atoms with E-state index in [0.717, 1.165) is 11.1 Å². The van der Waals surface area contributed by atoms with Crippen LogP contribution in [0.2, 0.25) is 0 Å². The number of hydrogen-bond donors (Lipinski definition) is 3. The van der Waals surface area contributed by atoms with Crippen molar-refractivity contribution >= 4 is 35.1 Å². The number of methoxy groups -OCH3 is 1. The van der Waals surface area contributed by atoms with Crippen LogP contribution >= 0.6 is 11.8 Å². The predicted octanol–water partition coefficient (Wildman–Crippen LogP) is 5.20. The molecule has 1 aliphatic heterocycles. The van der Waals surface area contributed by atoms with Crippen LogP contribution in [0.5, 0.6) is 11.5 Å². The van der Waals surface area contributed by atoms with Gasteiger partial charge in [-0.05, 0) is 43.7 Å². The maximum absolute atomic E-state index is 13.7. The topological polar surface area (TPSA) is 118 Å². The number of nitrogens with zero attached hydrogens (tertiary/aromatic N) is 3. The van der Waals surface area contributed by atoms with Crippen LogP contribution in [0, 0.1) is 6.92 Å². The van der Waals surface area contributed by atoms with Crippen molar-refractivity contribution < 1.29 is 19.4 Å². The van der Waals surface area contributed by atoms with Gasteiger partial charge in [-0.1, -0.05) is 65.9 Å². The molecule has 1 amide bonds. The monoisotopic (exact) mass is 541 g/mol. The number of nitrogens with one attached hydrogen (secondary N) is 2. The molecule has 1 aromatic heterocycles. The highest BCUT2D eigenvalue weighted by atomic mass is 32.2. The van der Waals surface area contributed by atoms with Gasteiger partial charge in [0.2, 0.25) is 11.1 Å². The number of carbonyl (C=O) groups is 2. The van der Waals surface area contributed by atoms with Crippen LogP contribution < -0.4 is 15.4 Å². The number of fused-ring (bicyclic) bond motifs is 1. The average Bonchev–Trinajstić information content (AvgIpc) is 3.34. The van der Waals surface area contributed by atoms with Crippen LogP contribution in [0.3, 0.4) is 0 Å². The first-order valence-electron chi connectivity index (χ1n) is 12.2. The van der Waals surface area contributed by atoms with E-state index in [1.165, 1.54) is 11.8 Å². The van der Waals surface area contributed by atoms with E-state index < -0.39 is 6.04 Å². The quantitative estimate of drug-likeness (QED) is 0.206. The van der Waals surface area contributed by atoms with E-state index in [2.05, 4.69) is 20.7 Å². The van der Waals surface area contributed by atoms with Crippen molar-refractivity contribution in [1.29, 1.82) is 0 Å². The molecule has 1 aliphatic rings. The lowest BCUT2D eigenvalue weighted by Crippen LogP contribution is -2.31. The van der Waals surface area contributed by atoms with Crippen LogP contribution in [-0.4, -0.2) is 44.4 Å². The van der Waals surface area contributed by atoms with Gasteiger partial charge >= 0.3 is 0 Å². The third kappa shape index (κ3) is 5.51. The van der Waals surface area contributed by atoms with Gasteiger partial charge < -0.3 is 20.5 Å². The number of phenols is 1. The summed E-state index contributed by atoms with van der Waals surface area (Å²) in [5.74, 6) is 0.897. The number of benzene rings is 3. The molecule has 0 spiro atoms. The van der Waals surface area contributed by atoms with E-state index in [1.807, 2.05) is 43.3 Å². The maximum atomic E-state index is 13.7. The van der Waals surface area contributed by atoms with Crippen LogP contribution in [0.25, 0.3) is 0 Å². The van der Waals surface area contributed by atoms with Crippen LogP contribution in [0.1, 0.15) is 34.5 Å². The fourth-order valence-corrected chi connectivity index (χ4v) is 5.07. The number of anilines is 2. The summed E-state index contributed by atoms with van der Waals surface area (Å²) in [5, 5.41) is 21.1. The zero-order chi connectivity index (χ0) is 27.5. The molecular formula is C29H27N5O4S. The van der Waals surface area contributed by atoms with E-state index >= 15 is 0 Å². The summed E-state index contributed by atoms with van der Waals surface area (Å²) in [4.78, 5) is 31.0. The van der Waals surface area contributed by atoms with E-state index in [-0.39, 0.29) is 23.2 Å². The molecule has 10 heteroatoms. The number of aryl methyl sites for hydroxylation is 1. The number of carbonyl (C=O) groups excluding carboxylic acids is 2. The molecule has 198 valence electrons. The summed E-state index contributed by atoms with van der Waals surface area (Å²) in [7, 11) is 1.54. The van der Waals surface area contributed by atoms with Gasteiger partial charge in [-0.15, -0.1) is 5.10 Å². The van der Waals surface area contributed by atoms with Gasteiger partial charge in [0, 0.05) is 11.3 Å². The molecular weight excluding hydrogens is 514 g/mol. The first-order chi connectivity index (χ1) is 18.8. The molecule has 0 saturated heterocycles. The first kappa shape index (κ1) is 26.1. The molecule has 1 atom stereocenters. The summed E-state index contributed by atoms with van der Waals surface area (Å²) < 4.78 is 7.03. The van der Waals surface area contributed by atoms with Crippen molar-refractivity contribution in [3.8, 4) is 11.5 Å². The number of Topliss-reactive ketones (excluding diaryl/α,β-unsaturated/α-hetero) is 1. The second-order valence-electron chi connectivity index (χ2n) is 9.05. The third-order valence-corrected chi connectivity index (χ3v) is 7.19. The zero-order valence-corrected chi connectivity index (χ0v) is 22.5. The number of aromatic nitrogens is 3. The van der Waals surface area contributed by atoms with Crippen molar-refractivity contribution in [3.05, 3.63) is 101 Å². The minimum atomic E-state index is -0.633. The highest BCUT2D eigenvalue weighted by Crippen LogP contribution is 2.37. The maximum Gasteiger partial charge on any atom is 0.255 e. The Morgan fingerprint density at radius 3 is 2.49 bits per heavy atom. The number of ether oxygens (including phenoxy) is 1. The summed E-state index contributed by atoms with van der Waals surface area (Å²) in [6.45, 7) is 3.78. The Labute approximate surface area is 229 Å². The van der Waals surface area contributed by atoms with E-state index in [4.69, 9.17) is 4.74 Å². The average molecular weight is 542 g/mol. The normalized spacial score (nSPS) is 14.4. The number of phenolic OH excluding ortho intramolecular Hbond substituents is 1. The van der Waals surface area contributed by atoms with Gasteiger partial charge in [0.15, 0.2) is 5.78 Å². The lowest BCUT2D eigenvalue weighted by atomic mass is 9.95. The van der Waals surface area contributed by atoms with Crippen LogP contribution in [-0.2, 0) is 4.79 Å². The van der Waals surface area contributed by atoms with Crippen molar-refractivity contribution in [2.75, 3.05) is 23.5 Å². The highest BCUT2D eigenvalue weighted by Gasteiger charge is 2.34. The third-order valence-electron chi connectivity index (χ3n) is 6.35. The smallest absolute Gasteiger partial charge is 0.255 e. The van der Waals surface area contributed by atoms with Crippen LogP contribution in [0.4, 0.5) is 11.6 Å². The molecule has 3 aromatic carbocycles. The summed E-state index contributed by atoms with van der Waals surface area (Å²) in [5.41, 5.74) is 4.01. The number of amides is 1. The Kier molecular flexibility index (Phi) is 7.38. The fourth-order valence-electron chi connectivity index (χ4n) is 4.34. The Hall–Kier alpha value is -4.57. The molecule has 4 aromatic rings. The molecule has 2 heterocycles. The zero-order valence-electron chi connectivity index (χ0n) is 21.6. The summed E-state index contributed by atoms with van der Waals surface area (Å²) in [6.07, 6.45) is 0. The van der Waals surface area contributed by atoms with Crippen molar-refractivity contribution in [2.24, 2.45) is 0 Å². The van der Waals surface area contributed by atoms with Crippen LogP contribution in [0.15, 0.2) is 89.2 Å². The van der Waals surface area contributed by atoms with Gasteiger partial charge in [-0.3, -0.25) is 9.59 Å². The van der Waals surface area contributed by atoms with Gasteiger partial charge in [0.1, 0.15) is 17.5 Å². The number of hydrogen-bond acceptors (Lipinski definition) is 8. The molecule has 0 radical (unpaired) electrons. The molecule has 0 fully saturated rings. The molecule has 39 heavy (non-hydrogen) atoms. The molecule has 0 saturated carbocycles. The Morgan fingerprint density at radius 1 is 1.05 bits per heavy atom. The fraction of sp³-hybridized carbons (Fsp3) is 0.172. The Morgan fingerprint density at radius 2 is 1.77 bits per heavy atom. The molecule has 0 aliphatic carbocycles. The minimum Gasteiger partial charge on any atom is -0.508 e. The van der Waals surface area contributed by atoms with E-state index in [1.54, 1.807) is 55.1 Å². The Bertz CT molecular complexity index is 1560. The van der Waals surface area contributed by atoms with Gasteiger partial charge in [-0.2, -0.15) is 4.98 Å². The molecule has 0 bridgehead atoms. The second-order valence-corrected chi connectivity index (χ2v) is 10.00. The lowest BCUT2D eigenvalue weighted by Gasteiger charge is -2.28. The van der Waals surface area contributed by atoms with E-state index in [9.17, 15) is 14.7 Å². The SMILES string of the molecule is COc1ccccc1NC(=O)C1=C(C)Nc2nc(SCC(=O)c3ccc(C)cc3)nn2[C@H]1c1ccc(O)cc1. The summed E-state index contributed by atoms with van der Waals surface area (Å²) >= 11 is 1.23. The van der Waals surface area contributed by atoms with Crippen molar-refractivity contribution in [2.45, 2.75) is 25.0 Å². The van der Waals surface area contributed by atoms with Gasteiger partial charge in [0.05, 0.1) is 24.1 Å². The molecule has 3 N–H and O–H groups in total. The summed E-state index contributed by atoms with van der Waals surface area (Å²) in [6, 6.07) is 20.6. The van der Waals surface area contributed by atoms with E-state index in [0.29, 0.717) is 39.4 Å². The number of para-hydroxylation sites is 2. The molecule has 9 nitrogen and oxygen atoms in total. The van der Waals surface area contributed by atoms with Gasteiger partial charge in [-0.25, -0.2) is 4.68 Å². The van der Waals surface area contributed by atoms with Crippen molar-refractivity contribution in [1.82, 2.24) is 14.8 Å². The largest absolute Gasteiger partial charge is 0.508 e. The number of thioether (sulfide) groups is 1. The number of rotatable bonds is 8.